The second kappa shape index (κ2) is 15.3. The monoisotopic (exact) mass is 597 g/mol. The number of nitrogens with two attached hydrogens (primary N) is 1. The van der Waals surface area contributed by atoms with Crippen LogP contribution in [0.5, 0.6) is 5.75 Å². The second-order valence-electron chi connectivity index (χ2n) is 10.5. The third-order valence-electron chi connectivity index (χ3n) is 6.93. The SMILES string of the molecule is CSCCC(NC(=O)C(N)Cc1ccc(O)cc1)C(=O)NC(Cc1c[nH]c2ccccc12)C(=O)NC(C(=O)O)C(C)C. The van der Waals surface area contributed by atoms with Gasteiger partial charge in [-0.05, 0) is 60.1 Å². The Balaban J connectivity index is 1.80. The minimum atomic E-state index is -1.18. The van der Waals surface area contributed by atoms with Crippen LogP contribution >= 0.6 is 11.8 Å². The van der Waals surface area contributed by atoms with E-state index in [0.717, 1.165) is 22.0 Å². The van der Waals surface area contributed by atoms with Gasteiger partial charge in [0.25, 0.3) is 0 Å². The van der Waals surface area contributed by atoms with Gasteiger partial charge in [-0.15, -0.1) is 0 Å². The first-order valence-electron chi connectivity index (χ1n) is 13.7. The van der Waals surface area contributed by atoms with Crippen LogP contribution in [-0.4, -0.2) is 75.1 Å². The predicted molar refractivity (Wildman–Crippen MR) is 163 cm³/mol. The van der Waals surface area contributed by atoms with E-state index in [-0.39, 0.29) is 30.9 Å². The Hall–Kier alpha value is -4.03. The number of aromatic amines is 1. The number of hydrogen-bond donors (Lipinski definition) is 7. The number of rotatable bonds is 15. The number of hydrogen-bond acceptors (Lipinski definition) is 7. The summed E-state index contributed by atoms with van der Waals surface area (Å²) in [6.07, 6.45) is 4.20. The lowest BCUT2D eigenvalue weighted by Gasteiger charge is -2.26. The van der Waals surface area contributed by atoms with Gasteiger partial charge in [0.1, 0.15) is 23.9 Å². The molecule has 0 aliphatic carbocycles. The summed E-state index contributed by atoms with van der Waals surface area (Å²) < 4.78 is 0. The van der Waals surface area contributed by atoms with Crippen LogP contribution in [0.3, 0.4) is 0 Å². The quantitative estimate of drug-likeness (QED) is 0.138. The molecule has 0 saturated carbocycles. The van der Waals surface area contributed by atoms with Crippen LogP contribution in [0, 0.1) is 5.92 Å². The summed E-state index contributed by atoms with van der Waals surface area (Å²) in [6.45, 7) is 3.36. The number of phenolic OH excluding ortho intramolecular Hbond substituents is 1. The zero-order valence-corrected chi connectivity index (χ0v) is 24.7. The van der Waals surface area contributed by atoms with Crippen LogP contribution < -0.4 is 21.7 Å². The van der Waals surface area contributed by atoms with Gasteiger partial charge in [-0.25, -0.2) is 4.79 Å². The highest BCUT2D eigenvalue weighted by Gasteiger charge is 2.32. The van der Waals surface area contributed by atoms with E-state index in [1.165, 1.54) is 23.9 Å². The number of H-pyrrole nitrogens is 1. The van der Waals surface area contributed by atoms with Crippen molar-refractivity contribution in [3.05, 3.63) is 65.9 Å². The number of nitrogens with one attached hydrogen (secondary N) is 4. The molecule has 1 heterocycles. The van der Waals surface area contributed by atoms with Crippen molar-refractivity contribution in [3.63, 3.8) is 0 Å². The summed E-state index contributed by atoms with van der Waals surface area (Å²) in [5, 5.41) is 28.0. The van der Waals surface area contributed by atoms with Gasteiger partial charge in [-0.3, -0.25) is 14.4 Å². The number of fused-ring (bicyclic) bond motifs is 1. The summed E-state index contributed by atoms with van der Waals surface area (Å²) in [4.78, 5) is 54.9. The highest BCUT2D eigenvalue weighted by atomic mass is 32.2. The lowest BCUT2D eigenvalue weighted by atomic mass is 10.0. The molecule has 42 heavy (non-hydrogen) atoms. The molecule has 1 aromatic heterocycles. The molecule has 11 nitrogen and oxygen atoms in total. The smallest absolute Gasteiger partial charge is 0.326 e. The fraction of sp³-hybridized carbons (Fsp3) is 0.400. The molecule has 226 valence electrons. The summed E-state index contributed by atoms with van der Waals surface area (Å²) in [6, 6.07) is 9.66. The zero-order chi connectivity index (χ0) is 30.8. The van der Waals surface area contributed by atoms with Crippen LogP contribution in [0.15, 0.2) is 54.7 Å². The van der Waals surface area contributed by atoms with Crippen LogP contribution in [0.4, 0.5) is 0 Å². The molecule has 3 rings (SSSR count). The van der Waals surface area contributed by atoms with Crippen LogP contribution in [0.1, 0.15) is 31.4 Å². The molecule has 3 aromatic rings. The molecule has 0 bridgehead atoms. The molecule has 0 radical (unpaired) electrons. The van der Waals surface area contributed by atoms with Crippen LogP contribution in [0.2, 0.25) is 0 Å². The normalized spacial score (nSPS) is 14.1. The number of carbonyl (C=O) groups excluding carboxylic acids is 3. The maximum absolute atomic E-state index is 13.6. The minimum Gasteiger partial charge on any atom is -0.508 e. The van der Waals surface area contributed by atoms with Gasteiger partial charge < -0.3 is 36.9 Å². The van der Waals surface area contributed by atoms with E-state index in [4.69, 9.17) is 5.73 Å². The van der Waals surface area contributed by atoms with E-state index in [9.17, 15) is 29.4 Å². The summed E-state index contributed by atoms with van der Waals surface area (Å²) in [7, 11) is 0. The fourth-order valence-corrected chi connectivity index (χ4v) is 5.00. The highest BCUT2D eigenvalue weighted by molar-refractivity contribution is 7.98. The first kappa shape index (κ1) is 32.5. The number of benzene rings is 2. The topological polar surface area (TPSA) is 187 Å². The van der Waals surface area contributed by atoms with Crippen molar-refractivity contribution >= 4 is 46.4 Å². The molecule has 12 heteroatoms. The maximum Gasteiger partial charge on any atom is 0.326 e. The maximum atomic E-state index is 13.6. The Bertz CT molecular complexity index is 1380. The van der Waals surface area contributed by atoms with E-state index in [1.54, 1.807) is 32.2 Å². The number of aromatic hydroxyl groups is 1. The van der Waals surface area contributed by atoms with Crippen molar-refractivity contribution in [2.24, 2.45) is 11.7 Å². The van der Waals surface area contributed by atoms with Crippen molar-refractivity contribution in [2.45, 2.75) is 57.3 Å². The summed E-state index contributed by atoms with van der Waals surface area (Å²) in [5.74, 6) is -2.67. The molecule has 4 atom stereocenters. The number of aliphatic carboxylic acids is 1. The van der Waals surface area contributed by atoms with Gasteiger partial charge in [0.15, 0.2) is 0 Å². The van der Waals surface area contributed by atoms with Gasteiger partial charge in [-0.2, -0.15) is 11.8 Å². The lowest BCUT2D eigenvalue weighted by molar-refractivity contribution is -0.143. The Kier molecular flexibility index (Phi) is 11.8. The van der Waals surface area contributed by atoms with Gasteiger partial charge >= 0.3 is 5.97 Å². The molecule has 4 unspecified atom stereocenters. The number of carbonyl (C=O) groups is 4. The lowest BCUT2D eigenvalue weighted by Crippen LogP contribution is -2.58. The molecule has 3 amide bonds. The van der Waals surface area contributed by atoms with Crippen molar-refractivity contribution in [3.8, 4) is 5.75 Å². The fourth-order valence-electron chi connectivity index (χ4n) is 4.53. The van der Waals surface area contributed by atoms with E-state index in [1.807, 2.05) is 30.5 Å². The molecule has 0 saturated heterocycles. The summed E-state index contributed by atoms with van der Waals surface area (Å²) in [5.41, 5.74) is 8.50. The average Bonchev–Trinajstić information content (AvgIpc) is 3.36. The minimum absolute atomic E-state index is 0.0928. The summed E-state index contributed by atoms with van der Waals surface area (Å²) >= 11 is 1.50. The van der Waals surface area contributed by atoms with Crippen molar-refractivity contribution < 1.29 is 29.4 Å². The van der Waals surface area contributed by atoms with E-state index < -0.39 is 47.9 Å². The number of carboxylic acids is 1. The molecule has 8 N–H and O–H groups in total. The molecule has 0 aliphatic heterocycles. The van der Waals surface area contributed by atoms with E-state index in [0.29, 0.717) is 5.75 Å². The molecule has 2 aromatic carbocycles. The third kappa shape index (κ3) is 8.98. The molecular weight excluding hydrogens is 558 g/mol. The van der Waals surface area contributed by atoms with E-state index >= 15 is 0 Å². The van der Waals surface area contributed by atoms with Crippen molar-refractivity contribution in [2.75, 3.05) is 12.0 Å². The predicted octanol–water partition coefficient (Wildman–Crippen LogP) is 1.93. The highest BCUT2D eigenvalue weighted by Crippen LogP contribution is 2.20. The van der Waals surface area contributed by atoms with E-state index in [2.05, 4.69) is 20.9 Å². The van der Waals surface area contributed by atoms with Gasteiger partial charge in [0.2, 0.25) is 17.7 Å². The standard InChI is InChI=1S/C30H39N5O6S/c1-17(2)26(30(40)41)35-29(39)25(15-19-16-32-23-7-5-4-6-21(19)23)34-28(38)24(12-13-42-3)33-27(37)22(31)14-18-8-10-20(36)11-9-18/h4-11,16-17,22,24-26,32,36H,12-15,31H2,1-3H3,(H,33,37)(H,34,38)(H,35,39)(H,40,41). The number of amides is 3. The van der Waals surface area contributed by atoms with Crippen molar-refractivity contribution in [1.29, 1.82) is 0 Å². The van der Waals surface area contributed by atoms with Gasteiger partial charge in [0.05, 0.1) is 6.04 Å². The molecular formula is C30H39N5O6S. The van der Waals surface area contributed by atoms with Crippen LogP contribution in [0.25, 0.3) is 10.9 Å². The van der Waals surface area contributed by atoms with Gasteiger partial charge in [0, 0.05) is 23.5 Å². The number of thioether (sulfide) groups is 1. The average molecular weight is 598 g/mol. The van der Waals surface area contributed by atoms with Crippen LogP contribution in [-0.2, 0) is 32.0 Å². The Labute approximate surface area is 249 Å². The van der Waals surface area contributed by atoms with Gasteiger partial charge in [-0.1, -0.05) is 44.2 Å². The zero-order valence-electron chi connectivity index (χ0n) is 23.9. The Morgan fingerprint density at radius 2 is 1.55 bits per heavy atom. The number of para-hydroxylation sites is 1. The third-order valence-corrected chi connectivity index (χ3v) is 7.58. The Morgan fingerprint density at radius 3 is 2.19 bits per heavy atom. The number of carboxylic acid groups (broad SMARTS) is 1. The van der Waals surface area contributed by atoms with Crippen molar-refractivity contribution in [1.82, 2.24) is 20.9 Å². The molecule has 0 fully saturated rings. The number of phenols is 1. The first-order valence-corrected chi connectivity index (χ1v) is 15.1. The molecule has 0 aliphatic rings. The Morgan fingerprint density at radius 1 is 0.905 bits per heavy atom. The first-order chi connectivity index (χ1) is 20.0. The second-order valence-corrected chi connectivity index (χ2v) is 11.5. The number of aromatic nitrogens is 1. The molecule has 0 spiro atoms. The largest absolute Gasteiger partial charge is 0.508 e.